The van der Waals surface area contributed by atoms with Crippen LogP contribution in [-0.2, 0) is 4.74 Å². The van der Waals surface area contributed by atoms with E-state index in [2.05, 4.69) is 9.97 Å². The van der Waals surface area contributed by atoms with Gasteiger partial charge in [-0.3, -0.25) is 4.79 Å². The van der Waals surface area contributed by atoms with E-state index in [0.717, 1.165) is 6.42 Å². The Kier molecular flexibility index (Phi) is 2.97. The first-order valence-corrected chi connectivity index (χ1v) is 5.44. The first kappa shape index (κ1) is 11.8. The van der Waals surface area contributed by atoms with Crippen molar-refractivity contribution in [3.63, 3.8) is 0 Å². The Bertz CT molecular complexity index is 509. The molecule has 1 saturated heterocycles. The summed E-state index contributed by atoms with van der Waals surface area (Å²) in [5.74, 6) is -0.695. The molecule has 6 nitrogen and oxygen atoms in total. The van der Waals surface area contributed by atoms with Crippen molar-refractivity contribution < 1.29 is 14.6 Å². The summed E-state index contributed by atoms with van der Waals surface area (Å²) in [5.41, 5.74) is -0.643. The largest absolute Gasteiger partial charge is 0.477 e. The van der Waals surface area contributed by atoms with Crippen LogP contribution in [0.2, 0.25) is 0 Å². The second kappa shape index (κ2) is 4.29. The van der Waals surface area contributed by atoms with E-state index in [4.69, 9.17) is 9.84 Å². The molecule has 1 aromatic rings. The predicted octanol–water partition coefficient (Wildman–Crippen LogP) is 0.669. The summed E-state index contributed by atoms with van der Waals surface area (Å²) in [5, 5.41) is 8.86. The molecule has 0 radical (unpaired) electrons. The predicted molar refractivity (Wildman–Crippen MR) is 59.3 cm³/mol. The highest BCUT2D eigenvalue weighted by molar-refractivity contribution is 5.88. The maximum absolute atomic E-state index is 11.6. The van der Waals surface area contributed by atoms with Gasteiger partial charge < -0.3 is 14.8 Å². The average molecular weight is 238 g/mol. The summed E-state index contributed by atoms with van der Waals surface area (Å²) in [6.07, 6.45) is 0.930. The zero-order chi connectivity index (χ0) is 12.6. The molecule has 1 fully saturated rings. The van der Waals surface area contributed by atoms with Crippen molar-refractivity contribution in [2.75, 3.05) is 6.61 Å². The third-order valence-corrected chi connectivity index (χ3v) is 2.92. The Hall–Kier alpha value is -1.69. The van der Waals surface area contributed by atoms with Crippen molar-refractivity contribution in [1.82, 2.24) is 9.97 Å². The number of nitrogens with one attached hydrogen (secondary N) is 1. The Morgan fingerprint density at radius 3 is 2.76 bits per heavy atom. The number of rotatable bonds is 2. The van der Waals surface area contributed by atoms with Crippen molar-refractivity contribution >= 4 is 5.97 Å². The van der Waals surface area contributed by atoms with Gasteiger partial charge in [0.25, 0.3) is 5.56 Å². The van der Waals surface area contributed by atoms with Crippen LogP contribution in [0.5, 0.6) is 0 Å². The lowest BCUT2D eigenvalue weighted by molar-refractivity contribution is 0.0693. The number of aryl methyl sites for hydroxylation is 1. The summed E-state index contributed by atoms with van der Waals surface area (Å²) in [6, 6.07) is 0. The third-order valence-electron chi connectivity index (χ3n) is 2.92. The molecule has 2 atom stereocenters. The number of ether oxygens (including phenoxy) is 1. The number of aromatic carboxylic acids is 1. The van der Waals surface area contributed by atoms with Gasteiger partial charge in [0.05, 0.1) is 18.4 Å². The van der Waals surface area contributed by atoms with Crippen LogP contribution >= 0.6 is 0 Å². The van der Waals surface area contributed by atoms with Gasteiger partial charge in [-0.15, -0.1) is 0 Å². The molecule has 0 spiro atoms. The summed E-state index contributed by atoms with van der Waals surface area (Å²) >= 11 is 0. The number of carbonyl (C=O) groups is 1. The van der Waals surface area contributed by atoms with Gasteiger partial charge in [-0.1, -0.05) is 0 Å². The van der Waals surface area contributed by atoms with Crippen LogP contribution in [-0.4, -0.2) is 33.8 Å². The molecule has 2 unspecified atom stereocenters. The third kappa shape index (κ3) is 2.21. The van der Waals surface area contributed by atoms with Crippen LogP contribution in [0.3, 0.4) is 0 Å². The number of aromatic nitrogens is 2. The Morgan fingerprint density at radius 2 is 2.29 bits per heavy atom. The summed E-state index contributed by atoms with van der Waals surface area (Å²) in [7, 11) is 0. The van der Waals surface area contributed by atoms with Crippen LogP contribution in [0.25, 0.3) is 0 Å². The molecule has 2 rings (SSSR count). The molecular formula is C11H14N2O4. The van der Waals surface area contributed by atoms with Gasteiger partial charge in [0.2, 0.25) is 0 Å². The Morgan fingerprint density at radius 1 is 1.59 bits per heavy atom. The maximum Gasteiger partial charge on any atom is 0.343 e. The van der Waals surface area contributed by atoms with Gasteiger partial charge in [0.1, 0.15) is 11.4 Å². The van der Waals surface area contributed by atoms with E-state index in [9.17, 15) is 9.59 Å². The molecule has 0 aliphatic carbocycles. The number of nitrogens with zero attached hydrogens (tertiary/aromatic N) is 1. The van der Waals surface area contributed by atoms with Gasteiger partial charge in [0, 0.05) is 5.92 Å². The normalized spacial score (nSPS) is 23.9. The van der Waals surface area contributed by atoms with Crippen LogP contribution in [0.1, 0.15) is 41.1 Å². The second-order valence-corrected chi connectivity index (χ2v) is 4.29. The zero-order valence-corrected chi connectivity index (χ0v) is 9.69. The van der Waals surface area contributed by atoms with Crippen LogP contribution in [0, 0.1) is 6.92 Å². The lowest BCUT2D eigenvalue weighted by atomic mass is 10.1. The molecule has 17 heavy (non-hydrogen) atoms. The average Bonchev–Trinajstić information content (AvgIpc) is 2.63. The highest BCUT2D eigenvalue weighted by Gasteiger charge is 2.27. The minimum Gasteiger partial charge on any atom is -0.477 e. The van der Waals surface area contributed by atoms with Crippen LogP contribution in [0.15, 0.2) is 4.79 Å². The molecule has 0 amide bonds. The molecule has 92 valence electrons. The minimum atomic E-state index is -1.25. The van der Waals surface area contributed by atoms with Crippen LogP contribution < -0.4 is 5.56 Å². The van der Waals surface area contributed by atoms with Crippen LogP contribution in [0.4, 0.5) is 0 Å². The number of carboxylic acid groups (broad SMARTS) is 1. The van der Waals surface area contributed by atoms with E-state index in [1.165, 1.54) is 6.92 Å². The van der Waals surface area contributed by atoms with Gasteiger partial charge in [-0.2, -0.15) is 0 Å². The molecule has 0 bridgehead atoms. The van der Waals surface area contributed by atoms with Gasteiger partial charge in [-0.25, -0.2) is 9.78 Å². The lowest BCUT2D eigenvalue weighted by Crippen LogP contribution is -2.24. The van der Waals surface area contributed by atoms with E-state index >= 15 is 0 Å². The molecule has 0 aromatic carbocycles. The molecular weight excluding hydrogens is 224 g/mol. The van der Waals surface area contributed by atoms with E-state index in [1.807, 2.05) is 6.92 Å². The quantitative estimate of drug-likeness (QED) is 0.790. The van der Waals surface area contributed by atoms with Crippen molar-refractivity contribution in [3.05, 3.63) is 27.4 Å². The Balaban J connectivity index is 2.39. The number of H-pyrrole nitrogens is 1. The van der Waals surface area contributed by atoms with E-state index < -0.39 is 11.5 Å². The number of hydrogen-bond donors (Lipinski definition) is 2. The number of aromatic amines is 1. The standard InChI is InChI=1S/C11H14N2O4/c1-5-3-7(4-17-5)9-12-6(2)8(11(15)16)10(14)13-9/h5,7H,3-4H2,1-2H3,(H,15,16)(H,12,13,14). The molecule has 6 heteroatoms. The molecule has 1 aliphatic heterocycles. The zero-order valence-electron chi connectivity index (χ0n) is 9.69. The van der Waals surface area contributed by atoms with Crippen molar-refractivity contribution in [2.24, 2.45) is 0 Å². The van der Waals surface area contributed by atoms with E-state index in [1.54, 1.807) is 0 Å². The van der Waals surface area contributed by atoms with Gasteiger partial charge in [0.15, 0.2) is 0 Å². The molecule has 1 aliphatic rings. The van der Waals surface area contributed by atoms with Crippen molar-refractivity contribution in [1.29, 1.82) is 0 Å². The first-order chi connectivity index (χ1) is 7.99. The molecule has 1 aromatic heterocycles. The molecule has 2 N–H and O–H groups in total. The van der Waals surface area contributed by atoms with Crippen molar-refractivity contribution in [2.45, 2.75) is 32.3 Å². The number of hydrogen-bond acceptors (Lipinski definition) is 4. The minimum absolute atomic E-state index is 0.0410. The highest BCUT2D eigenvalue weighted by Crippen LogP contribution is 2.26. The fraction of sp³-hybridized carbons (Fsp3) is 0.545. The van der Waals surface area contributed by atoms with Gasteiger partial charge >= 0.3 is 5.97 Å². The summed E-state index contributed by atoms with van der Waals surface area (Å²) < 4.78 is 5.40. The summed E-state index contributed by atoms with van der Waals surface area (Å²) in [4.78, 5) is 29.2. The number of carboxylic acids is 1. The topological polar surface area (TPSA) is 92.3 Å². The smallest absolute Gasteiger partial charge is 0.343 e. The maximum atomic E-state index is 11.6. The molecule has 2 heterocycles. The monoisotopic (exact) mass is 238 g/mol. The van der Waals surface area contributed by atoms with E-state index in [-0.39, 0.29) is 23.3 Å². The van der Waals surface area contributed by atoms with E-state index in [0.29, 0.717) is 12.4 Å². The fourth-order valence-electron chi connectivity index (χ4n) is 2.06. The lowest BCUT2D eigenvalue weighted by Gasteiger charge is -2.08. The van der Waals surface area contributed by atoms with Gasteiger partial charge in [-0.05, 0) is 20.3 Å². The fourth-order valence-corrected chi connectivity index (χ4v) is 2.06. The second-order valence-electron chi connectivity index (χ2n) is 4.29. The summed E-state index contributed by atoms with van der Waals surface area (Å²) in [6.45, 7) is 3.99. The molecule has 0 saturated carbocycles. The SMILES string of the molecule is Cc1nc(C2COC(C)C2)[nH]c(=O)c1C(=O)O. The Labute approximate surface area is 97.7 Å². The van der Waals surface area contributed by atoms with Crippen molar-refractivity contribution in [3.8, 4) is 0 Å². The highest BCUT2D eigenvalue weighted by atomic mass is 16.5. The first-order valence-electron chi connectivity index (χ1n) is 5.44.